The van der Waals surface area contributed by atoms with Crippen LogP contribution in [0.25, 0.3) is 22.0 Å². The number of ketones is 1. The minimum absolute atomic E-state index is 0.215. The second kappa shape index (κ2) is 6.60. The SMILES string of the molecule is O=C1c2cnc3ccc(Nc4ccc(Br)cc4)cc3c2-c2cnc(C(F)(F)F)nc21. The summed E-state index contributed by atoms with van der Waals surface area (Å²) in [5.74, 6) is -1.93. The van der Waals surface area contributed by atoms with E-state index in [4.69, 9.17) is 0 Å². The number of nitrogens with one attached hydrogen (secondary N) is 1. The van der Waals surface area contributed by atoms with Crippen molar-refractivity contribution in [3.63, 3.8) is 0 Å². The van der Waals surface area contributed by atoms with Crippen LogP contribution in [0, 0.1) is 0 Å². The number of pyridine rings is 1. The zero-order chi connectivity index (χ0) is 21.0. The second-order valence-corrected chi connectivity index (χ2v) is 7.61. The molecule has 0 unspecified atom stereocenters. The van der Waals surface area contributed by atoms with E-state index in [0.29, 0.717) is 16.5 Å². The lowest BCUT2D eigenvalue weighted by Gasteiger charge is -2.10. The lowest BCUT2D eigenvalue weighted by Crippen LogP contribution is -2.13. The van der Waals surface area contributed by atoms with Gasteiger partial charge in [-0.2, -0.15) is 13.2 Å². The van der Waals surface area contributed by atoms with Gasteiger partial charge in [-0.15, -0.1) is 0 Å². The Morgan fingerprint density at radius 3 is 2.33 bits per heavy atom. The predicted octanol–water partition coefficient (Wildman–Crippen LogP) is 5.76. The van der Waals surface area contributed by atoms with Gasteiger partial charge in [-0.25, -0.2) is 9.97 Å². The molecule has 0 atom stereocenters. The van der Waals surface area contributed by atoms with E-state index in [0.717, 1.165) is 22.0 Å². The van der Waals surface area contributed by atoms with Crippen molar-refractivity contribution in [1.82, 2.24) is 15.0 Å². The van der Waals surface area contributed by atoms with Crippen LogP contribution >= 0.6 is 15.9 Å². The average molecular weight is 471 g/mol. The normalized spacial score (nSPS) is 12.7. The minimum Gasteiger partial charge on any atom is -0.356 e. The maximum Gasteiger partial charge on any atom is 0.451 e. The Balaban J connectivity index is 1.65. The van der Waals surface area contributed by atoms with Crippen molar-refractivity contribution in [2.75, 3.05) is 5.32 Å². The highest BCUT2D eigenvalue weighted by atomic mass is 79.9. The Labute approximate surface area is 176 Å². The highest BCUT2D eigenvalue weighted by molar-refractivity contribution is 9.10. The third-order valence-corrected chi connectivity index (χ3v) is 5.30. The first kappa shape index (κ1) is 18.7. The molecule has 1 aliphatic rings. The molecule has 30 heavy (non-hydrogen) atoms. The molecule has 0 fully saturated rings. The second-order valence-electron chi connectivity index (χ2n) is 6.69. The molecule has 0 saturated heterocycles. The molecule has 148 valence electrons. The number of aromatic nitrogens is 3. The summed E-state index contributed by atoms with van der Waals surface area (Å²) in [5.41, 5.74) is 2.93. The smallest absolute Gasteiger partial charge is 0.356 e. The fourth-order valence-corrected chi connectivity index (χ4v) is 3.70. The molecule has 1 aliphatic carbocycles. The van der Waals surface area contributed by atoms with Crippen LogP contribution in [0.2, 0.25) is 0 Å². The summed E-state index contributed by atoms with van der Waals surface area (Å²) in [7, 11) is 0. The van der Waals surface area contributed by atoms with E-state index in [1.807, 2.05) is 36.4 Å². The Morgan fingerprint density at radius 2 is 1.60 bits per heavy atom. The summed E-state index contributed by atoms with van der Waals surface area (Å²) in [4.78, 5) is 23.9. The van der Waals surface area contributed by atoms with E-state index < -0.39 is 17.8 Å². The maximum atomic E-state index is 13.0. The first-order valence-corrected chi connectivity index (χ1v) is 9.55. The van der Waals surface area contributed by atoms with Gasteiger partial charge in [0.05, 0.1) is 11.1 Å². The highest BCUT2D eigenvalue weighted by Crippen LogP contribution is 2.41. The van der Waals surface area contributed by atoms with Gasteiger partial charge in [0, 0.05) is 44.8 Å². The van der Waals surface area contributed by atoms with Crippen molar-refractivity contribution >= 4 is 44.0 Å². The number of carbonyl (C=O) groups excluding carboxylic acids is 1. The molecule has 0 spiro atoms. The molecule has 0 aliphatic heterocycles. The molecule has 2 aromatic heterocycles. The molecule has 5 rings (SSSR count). The van der Waals surface area contributed by atoms with Crippen LogP contribution in [0.4, 0.5) is 24.5 Å². The van der Waals surface area contributed by atoms with Crippen LogP contribution < -0.4 is 5.32 Å². The molecule has 9 heteroatoms. The molecule has 2 heterocycles. The molecule has 5 nitrogen and oxygen atoms in total. The van der Waals surface area contributed by atoms with Crippen LogP contribution in [0.5, 0.6) is 0 Å². The summed E-state index contributed by atoms with van der Waals surface area (Å²) < 4.78 is 39.9. The van der Waals surface area contributed by atoms with Crippen molar-refractivity contribution in [1.29, 1.82) is 0 Å². The van der Waals surface area contributed by atoms with Gasteiger partial charge in [-0.1, -0.05) is 15.9 Å². The van der Waals surface area contributed by atoms with E-state index in [2.05, 4.69) is 36.2 Å². The van der Waals surface area contributed by atoms with Gasteiger partial charge in [0.15, 0.2) is 0 Å². The number of hydrogen-bond acceptors (Lipinski definition) is 5. The molecular weight excluding hydrogens is 461 g/mol. The average Bonchev–Trinajstić information content (AvgIpc) is 3.01. The number of benzene rings is 2. The molecular formula is C21H10BrF3N4O. The molecule has 0 radical (unpaired) electrons. The Morgan fingerprint density at radius 1 is 0.900 bits per heavy atom. The molecule has 1 N–H and O–H groups in total. The van der Waals surface area contributed by atoms with E-state index >= 15 is 0 Å². The van der Waals surface area contributed by atoms with Crippen molar-refractivity contribution < 1.29 is 18.0 Å². The lowest BCUT2D eigenvalue weighted by atomic mass is 10.0. The van der Waals surface area contributed by atoms with E-state index in [9.17, 15) is 18.0 Å². The number of fused-ring (bicyclic) bond motifs is 5. The van der Waals surface area contributed by atoms with Gasteiger partial charge >= 0.3 is 6.18 Å². The van der Waals surface area contributed by atoms with E-state index in [-0.39, 0.29) is 16.8 Å². The lowest BCUT2D eigenvalue weighted by molar-refractivity contribution is -0.145. The standard InChI is InChI=1S/C21H10BrF3N4O/c22-10-1-3-11(4-2-10)28-12-5-6-16-13(7-12)17-14-8-27-20(21(23,24)25)29-18(14)19(30)15(17)9-26-16/h1-9,28H. The van der Waals surface area contributed by atoms with Crippen molar-refractivity contribution in [2.45, 2.75) is 6.18 Å². The molecule has 4 aromatic rings. The monoisotopic (exact) mass is 470 g/mol. The van der Waals surface area contributed by atoms with Crippen molar-refractivity contribution in [3.05, 3.63) is 76.4 Å². The number of alkyl halides is 3. The molecule has 0 bridgehead atoms. The first-order valence-electron chi connectivity index (χ1n) is 8.76. The zero-order valence-electron chi connectivity index (χ0n) is 15.0. The fraction of sp³-hybridized carbons (Fsp3) is 0.0476. The molecule has 2 aromatic carbocycles. The van der Waals surface area contributed by atoms with Gasteiger partial charge < -0.3 is 5.32 Å². The molecule has 0 amide bonds. The third-order valence-electron chi connectivity index (χ3n) is 4.77. The number of anilines is 2. The number of carbonyl (C=O) groups is 1. The number of halogens is 4. The van der Waals surface area contributed by atoms with Crippen LogP contribution in [0.3, 0.4) is 0 Å². The number of rotatable bonds is 2. The maximum absolute atomic E-state index is 13.0. The summed E-state index contributed by atoms with van der Waals surface area (Å²) in [5, 5.41) is 3.89. The van der Waals surface area contributed by atoms with Gasteiger partial charge in [0.25, 0.3) is 0 Å². The molecule has 0 saturated carbocycles. The van der Waals surface area contributed by atoms with Gasteiger partial charge in [0.1, 0.15) is 5.69 Å². The van der Waals surface area contributed by atoms with Crippen LogP contribution in [0.15, 0.2) is 59.3 Å². The van der Waals surface area contributed by atoms with E-state index in [1.54, 1.807) is 6.07 Å². The predicted molar refractivity (Wildman–Crippen MR) is 109 cm³/mol. The minimum atomic E-state index is -4.73. The summed E-state index contributed by atoms with van der Waals surface area (Å²) >= 11 is 3.39. The third kappa shape index (κ3) is 3.02. The first-order chi connectivity index (χ1) is 14.3. The van der Waals surface area contributed by atoms with Crippen LogP contribution in [-0.4, -0.2) is 20.7 Å². The summed E-state index contributed by atoms with van der Waals surface area (Å²) in [6, 6.07) is 13.0. The van der Waals surface area contributed by atoms with Crippen molar-refractivity contribution in [2.24, 2.45) is 0 Å². The Bertz CT molecular complexity index is 1340. The van der Waals surface area contributed by atoms with Gasteiger partial charge in [0.2, 0.25) is 11.6 Å². The largest absolute Gasteiger partial charge is 0.451 e. The van der Waals surface area contributed by atoms with Crippen LogP contribution in [-0.2, 0) is 6.18 Å². The fourth-order valence-electron chi connectivity index (χ4n) is 3.43. The summed E-state index contributed by atoms with van der Waals surface area (Å²) in [6.45, 7) is 0. The Kier molecular flexibility index (Phi) is 4.11. The van der Waals surface area contributed by atoms with Crippen LogP contribution in [0.1, 0.15) is 21.9 Å². The van der Waals surface area contributed by atoms with E-state index in [1.165, 1.54) is 6.20 Å². The highest BCUT2D eigenvalue weighted by Gasteiger charge is 2.38. The number of nitrogens with zero attached hydrogens (tertiary/aromatic N) is 3. The topological polar surface area (TPSA) is 67.8 Å². The Hall–Kier alpha value is -3.33. The quantitative estimate of drug-likeness (QED) is 0.355. The van der Waals surface area contributed by atoms with Gasteiger partial charge in [-0.05, 0) is 42.5 Å². The van der Waals surface area contributed by atoms with Crippen molar-refractivity contribution in [3.8, 4) is 11.1 Å². The summed E-state index contributed by atoms with van der Waals surface area (Å²) in [6.07, 6.45) is -2.30. The zero-order valence-corrected chi connectivity index (χ0v) is 16.5. The van der Waals surface area contributed by atoms with Gasteiger partial charge in [-0.3, -0.25) is 9.78 Å². The number of hydrogen-bond donors (Lipinski definition) is 1.